The molecule has 0 aliphatic carbocycles. The lowest BCUT2D eigenvalue weighted by Gasteiger charge is -1.93. The monoisotopic (exact) mass is 222 g/mol. The van der Waals surface area contributed by atoms with Gasteiger partial charge in [0.1, 0.15) is 4.60 Å². The number of halogens is 2. The first kappa shape index (κ1) is 9.88. The van der Waals surface area contributed by atoms with Crippen LogP contribution in [0.25, 0.3) is 0 Å². The third-order valence-electron chi connectivity index (χ3n) is 0.982. The van der Waals surface area contributed by atoms with Crippen molar-refractivity contribution in [3.63, 3.8) is 0 Å². The minimum absolute atomic E-state index is 0. The zero-order chi connectivity index (χ0) is 6.69. The molecule has 0 bridgehead atoms. The summed E-state index contributed by atoms with van der Waals surface area (Å²) in [7, 11) is 0. The molecular weight excluding hydrogens is 215 g/mol. The highest BCUT2D eigenvalue weighted by atomic mass is 79.9. The summed E-state index contributed by atoms with van der Waals surface area (Å²) in [5.41, 5.74) is 6.24. The largest absolute Gasteiger partial charge is 0.325 e. The summed E-state index contributed by atoms with van der Waals surface area (Å²) in [6, 6.07) is 5.68. The van der Waals surface area contributed by atoms with Crippen molar-refractivity contribution in [1.29, 1.82) is 0 Å². The maximum absolute atomic E-state index is 5.34. The Kier molecular flexibility index (Phi) is 4.60. The van der Waals surface area contributed by atoms with Gasteiger partial charge in [0, 0.05) is 6.54 Å². The van der Waals surface area contributed by atoms with E-state index in [-0.39, 0.29) is 12.4 Å². The molecule has 0 saturated carbocycles. The quantitative estimate of drug-likeness (QED) is 0.737. The van der Waals surface area contributed by atoms with Crippen LogP contribution in [0, 0.1) is 0 Å². The Balaban J connectivity index is 0.000000810. The molecule has 1 aromatic rings. The first-order valence-corrected chi connectivity index (χ1v) is 3.44. The van der Waals surface area contributed by atoms with Crippen LogP contribution in [0.4, 0.5) is 0 Å². The molecule has 2 N–H and O–H groups in total. The van der Waals surface area contributed by atoms with Gasteiger partial charge in [0.2, 0.25) is 0 Å². The number of nitrogens with zero attached hydrogens (tertiary/aromatic N) is 1. The average Bonchev–Trinajstić information content (AvgIpc) is 1.88. The van der Waals surface area contributed by atoms with E-state index in [1.807, 2.05) is 18.2 Å². The van der Waals surface area contributed by atoms with Gasteiger partial charge in [-0.25, -0.2) is 4.98 Å². The number of nitrogens with two attached hydrogens (primary N) is 1. The van der Waals surface area contributed by atoms with Crippen LogP contribution in [-0.2, 0) is 6.54 Å². The lowest BCUT2D eigenvalue weighted by molar-refractivity contribution is 0.980. The van der Waals surface area contributed by atoms with E-state index in [0.29, 0.717) is 6.54 Å². The van der Waals surface area contributed by atoms with Gasteiger partial charge in [-0.15, -0.1) is 12.4 Å². The molecule has 4 heteroatoms. The zero-order valence-corrected chi connectivity index (χ0v) is 7.65. The van der Waals surface area contributed by atoms with E-state index in [2.05, 4.69) is 20.9 Å². The van der Waals surface area contributed by atoms with Crippen LogP contribution in [0.1, 0.15) is 5.69 Å². The molecule has 0 atom stereocenters. The third kappa shape index (κ3) is 2.64. The van der Waals surface area contributed by atoms with Crippen LogP contribution >= 0.6 is 28.3 Å². The van der Waals surface area contributed by atoms with E-state index in [9.17, 15) is 0 Å². The topological polar surface area (TPSA) is 38.9 Å². The molecule has 0 unspecified atom stereocenters. The third-order valence-corrected chi connectivity index (χ3v) is 1.42. The summed E-state index contributed by atoms with van der Waals surface area (Å²) in [5, 5.41) is 0. The second-order valence-electron chi connectivity index (χ2n) is 1.66. The fourth-order valence-electron chi connectivity index (χ4n) is 0.564. The Hall–Kier alpha value is -0.120. The fourth-order valence-corrected chi connectivity index (χ4v) is 0.944. The molecule has 10 heavy (non-hydrogen) atoms. The van der Waals surface area contributed by atoms with E-state index in [4.69, 9.17) is 5.73 Å². The summed E-state index contributed by atoms with van der Waals surface area (Å²) in [6.45, 7) is 0.499. The maximum Gasteiger partial charge on any atom is 0.106 e. The van der Waals surface area contributed by atoms with E-state index in [1.54, 1.807) is 0 Å². The van der Waals surface area contributed by atoms with Gasteiger partial charge in [0.15, 0.2) is 0 Å². The van der Waals surface area contributed by atoms with E-state index >= 15 is 0 Å². The van der Waals surface area contributed by atoms with Crippen LogP contribution in [0.3, 0.4) is 0 Å². The molecule has 0 amide bonds. The van der Waals surface area contributed by atoms with Gasteiger partial charge >= 0.3 is 0 Å². The van der Waals surface area contributed by atoms with Gasteiger partial charge in [0.05, 0.1) is 5.69 Å². The van der Waals surface area contributed by atoms with Crippen molar-refractivity contribution in [3.8, 4) is 0 Å². The molecular formula is C6H8BrClN2. The van der Waals surface area contributed by atoms with Crippen LogP contribution in [0.5, 0.6) is 0 Å². The molecule has 2 nitrogen and oxygen atoms in total. The summed E-state index contributed by atoms with van der Waals surface area (Å²) >= 11 is 3.24. The number of pyridine rings is 1. The molecule has 0 radical (unpaired) electrons. The molecule has 0 spiro atoms. The Morgan fingerprint density at radius 2 is 2.20 bits per heavy atom. The molecule has 0 aliphatic heterocycles. The number of hydrogen-bond acceptors (Lipinski definition) is 2. The van der Waals surface area contributed by atoms with Crippen molar-refractivity contribution in [3.05, 3.63) is 28.5 Å². The minimum atomic E-state index is 0. The highest BCUT2D eigenvalue weighted by Crippen LogP contribution is 2.04. The smallest absolute Gasteiger partial charge is 0.106 e. The minimum Gasteiger partial charge on any atom is -0.325 e. The molecule has 1 rings (SSSR count). The maximum atomic E-state index is 5.34. The predicted molar refractivity (Wildman–Crippen MR) is 47.1 cm³/mol. The van der Waals surface area contributed by atoms with Crippen LogP contribution in [-0.4, -0.2) is 4.98 Å². The van der Waals surface area contributed by atoms with Gasteiger partial charge in [-0.3, -0.25) is 0 Å². The molecule has 0 aliphatic rings. The predicted octanol–water partition coefficient (Wildman–Crippen LogP) is 1.72. The van der Waals surface area contributed by atoms with Gasteiger partial charge in [-0.05, 0) is 28.1 Å². The van der Waals surface area contributed by atoms with Gasteiger partial charge in [-0.1, -0.05) is 6.07 Å². The summed E-state index contributed by atoms with van der Waals surface area (Å²) in [6.07, 6.45) is 0. The SMILES string of the molecule is Cl.NCc1cccc(Br)n1. The fraction of sp³-hybridized carbons (Fsp3) is 0.167. The normalized spacial score (nSPS) is 8.60. The van der Waals surface area contributed by atoms with Gasteiger partial charge in [-0.2, -0.15) is 0 Å². The molecule has 1 aromatic heterocycles. The second-order valence-corrected chi connectivity index (χ2v) is 2.47. The lowest BCUT2D eigenvalue weighted by Crippen LogP contribution is -1.98. The Morgan fingerprint density at radius 1 is 1.50 bits per heavy atom. The Bertz CT molecular complexity index is 205. The molecule has 1 heterocycles. The molecule has 0 saturated heterocycles. The molecule has 0 fully saturated rings. The zero-order valence-electron chi connectivity index (χ0n) is 5.25. The summed E-state index contributed by atoms with van der Waals surface area (Å²) in [5.74, 6) is 0. The van der Waals surface area contributed by atoms with E-state index in [0.717, 1.165) is 10.3 Å². The van der Waals surface area contributed by atoms with Crippen molar-refractivity contribution >= 4 is 28.3 Å². The first-order valence-electron chi connectivity index (χ1n) is 2.64. The van der Waals surface area contributed by atoms with Crippen LogP contribution in [0.15, 0.2) is 22.8 Å². The molecule has 56 valence electrons. The van der Waals surface area contributed by atoms with Crippen LogP contribution in [0.2, 0.25) is 0 Å². The number of hydrogen-bond donors (Lipinski definition) is 1. The van der Waals surface area contributed by atoms with Crippen molar-refractivity contribution in [2.24, 2.45) is 5.73 Å². The molecule has 0 aromatic carbocycles. The highest BCUT2D eigenvalue weighted by molar-refractivity contribution is 9.10. The van der Waals surface area contributed by atoms with Crippen molar-refractivity contribution < 1.29 is 0 Å². The standard InChI is InChI=1S/C6H7BrN2.ClH/c7-6-3-1-2-5(4-8)9-6;/h1-3H,4,8H2;1H. The number of rotatable bonds is 1. The number of aromatic nitrogens is 1. The average molecular weight is 224 g/mol. The first-order chi connectivity index (χ1) is 4.33. The second kappa shape index (κ2) is 4.66. The van der Waals surface area contributed by atoms with Gasteiger partial charge in [0.25, 0.3) is 0 Å². The van der Waals surface area contributed by atoms with Crippen molar-refractivity contribution in [1.82, 2.24) is 4.98 Å². The summed E-state index contributed by atoms with van der Waals surface area (Å²) < 4.78 is 0.838. The van der Waals surface area contributed by atoms with E-state index in [1.165, 1.54) is 0 Å². The van der Waals surface area contributed by atoms with Crippen molar-refractivity contribution in [2.75, 3.05) is 0 Å². The van der Waals surface area contributed by atoms with Crippen molar-refractivity contribution in [2.45, 2.75) is 6.54 Å². The van der Waals surface area contributed by atoms with Gasteiger partial charge < -0.3 is 5.73 Å². The van der Waals surface area contributed by atoms with E-state index < -0.39 is 0 Å². The van der Waals surface area contributed by atoms with Crippen LogP contribution < -0.4 is 5.73 Å². The Morgan fingerprint density at radius 3 is 2.60 bits per heavy atom. The lowest BCUT2D eigenvalue weighted by atomic mass is 10.4. The Labute approximate surface area is 74.4 Å². The highest BCUT2D eigenvalue weighted by Gasteiger charge is 1.88. The summed E-state index contributed by atoms with van der Waals surface area (Å²) in [4.78, 5) is 4.08.